The van der Waals surface area contributed by atoms with E-state index in [1.54, 1.807) is 0 Å². The van der Waals surface area contributed by atoms with E-state index in [4.69, 9.17) is 0 Å². The Balaban J connectivity index is 2.70. The monoisotopic (exact) mass is 417 g/mol. The van der Waals surface area contributed by atoms with Crippen LogP contribution in [0.1, 0.15) is 10.4 Å². The van der Waals surface area contributed by atoms with E-state index >= 15 is 0 Å². The van der Waals surface area contributed by atoms with Crippen LogP contribution in [-0.2, 0) is 0 Å². The summed E-state index contributed by atoms with van der Waals surface area (Å²) in [7, 11) is 0. The van der Waals surface area contributed by atoms with Crippen LogP contribution in [0, 0.1) is 5.82 Å². The number of alkyl halides is 3. The Hall–Kier alpha value is 0.0200. The third-order valence-electron chi connectivity index (χ3n) is 1.68. The second-order valence-corrected chi connectivity index (χ2v) is 9.87. The van der Waals surface area contributed by atoms with Gasteiger partial charge in [-0.05, 0) is 24.3 Å². The molecule has 0 aliphatic heterocycles. The van der Waals surface area contributed by atoms with Crippen LogP contribution in [0.4, 0.5) is 4.39 Å². The molecule has 0 aliphatic carbocycles. The van der Waals surface area contributed by atoms with Gasteiger partial charge in [0.15, 0.2) is 8.37 Å². The highest BCUT2D eigenvalue weighted by atomic mass is 80.0. The van der Waals surface area contributed by atoms with Crippen molar-refractivity contribution in [2.24, 2.45) is 0 Å². The first-order valence-electron chi connectivity index (χ1n) is 4.12. The van der Waals surface area contributed by atoms with E-state index < -0.39 is 20.1 Å². The van der Waals surface area contributed by atoms with Crippen molar-refractivity contribution in [3.8, 4) is 0 Å². The van der Waals surface area contributed by atoms with Crippen molar-refractivity contribution in [2.75, 3.05) is 0 Å². The summed E-state index contributed by atoms with van der Waals surface area (Å²) in [4.78, 5) is 11.6. The molecule has 0 bridgehead atoms. The maximum Gasteiger partial charge on any atom is 0.253 e. The minimum absolute atomic E-state index is 0.261. The number of nitrogens with one attached hydrogen (secondary N) is 1. The van der Waals surface area contributed by atoms with Crippen LogP contribution in [0.5, 0.6) is 0 Å². The van der Waals surface area contributed by atoms with E-state index in [1.807, 2.05) is 0 Å². The maximum atomic E-state index is 12.6. The third kappa shape index (κ3) is 4.12. The van der Waals surface area contributed by atoms with Crippen molar-refractivity contribution < 1.29 is 14.3 Å². The van der Waals surface area contributed by atoms with Gasteiger partial charge in [-0.2, -0.15) is 0 Å². The standard InChI is InChI=1S/C9H7Br3FNO2/c10-9(11,12)8(16)14-7(15)5-1-3-6(13)4-2-5/h1-4,8,16H,(H,14,15)/t8-/m1/s1. The molecular weight excluding hydrogens is 413 g/mol. The molecule has 1 rings (SSSR count). The number of hydrogen-bond donors (Lipinski definition) is 2. The van der Waals surface area contributed by atoms with E-state index in [9.17, 15) is 14.3 Å². The Morgan fingerprint density at radius 2 is 1.81 bits per heavy atom. The summed E-state index contributed by atoms with van der Waals surface area (Å²) < 4.78 is 11.6. The Morgan fingerprint density at radius 1 is 1.31 bits per heavy atom. The van der Waals surface area contributed by atoms with Crippen LogP contribution in [-0.4, -0.2) is 19.4 Å². The molecule has 16 heavy (non-hydrogen) atoms. The minimum atomic E-state index is -1.19. The van der Waals surface area contributed by atoms with Crippen LogP contribution in [0.25, 0.3) is 0 Å². The van der Waals surface area contributed by atoms with Gasteiger partial charge in [-0.3, -0.25) is 4.79 Å². The summed E-state index contributed by atoms with van der Waals surface area (Å²) in [5.41, 5.74) is 0.261. The van der Waals surface area contributed by atoms with Gasteiger partial charge in [0.1, 0.15) is 5.82 Å². The van der Waals surface area contributed by atoms with Crippen molar-refractivity contribution in [1.82, 2.24) is 5.32 Å². The molecule has 0 saturated carbocycles. The highest BCUT2D eigenvalue weighted by Crippen LogP contribution is 2.36. The zero-order valence-corrected chi connectivity index (χ0v) is 12.5. The lowest BCUT2D eigenvalue weighted by Gasteiger charge is -2.21. The fourth-order valence-electron chi connectivity index (χ4n) is 0.891. The molecule has 0 heterocycles. The van der Waals surface area contributed by atoms with Gasteiger partial charge in [0, 0.05) is 5.56 Å². The van der Waals surface area contributed by atoms with Crippen LogP contribution >= 0.6 is 47.8 Å². The Kier molecular flexibility index (Phi) is 4.90. The highest BCUT2D eigenvalue weighted by Gasteiger charge is 2.30. The normalized spacial score (nSPS) is 13.3. The zero-order chi connectivity index (χ0) is 12.3. The predicted octanol–water partition coefficient (Wildman–Crippen LogP) is 2.71. The number of amides is 1. The first-order chi connectivity index (χ1) is 7.30. The largest absolute Gasteiger partial charge is 0.370 e. The molecule has 1 aromatic rings. The fraction of sp³-hybridized carbons (Fsp3) is 0.222. The fourth-order valence-corrected chi connectivity index (χ4v) is 1.23. The molecule has 1 atom stereocenters. The Morgan fingerprint density at radius 3 is 2.25 bits per heavy atom. The lowest BCUT2D eigenvalue weighted by atomic mass is 10.2. The lowest BCUT2D eigenvalue weighted by Crippen LogP contribution is -2.42. The van der Waals surface area contributed by atoms with Gasteiger partial charge in [0.25, 0.3) is 5.91 Å². The van der Waals surface area contributed by atoms with Crippen LogP contribution < -0.4 is 5.32 Å². The number of carbonyl (C=O) groups is 1. The summed E-state index contributed by atoms with van der Waals surface area (Å²) in [6.45, 7) is 0. The van der Waals surface area contributed by atoms with Crippen molar-refractivity contribution >= 4 is 53.7 Å². The van der Waals surface area contributed by atoms with E-state index in [-0.39, 0.29) is 5.56 Å². The molecule has 0 spiro atoms. The third-order valence-corrected chi connectivity index (χ3v) is 2.99. The van der Waals surface area contributed by atoms with Crippen molar-refractivity contribution in [3.63, 3.8) is 0 Å². The summed E-state index contributed by atoms with van der Waals surface area (Å²) in [5, 5.41) is 11.8. The van der Waals surface area contributed by atoms with Gasteiger partial charge in [-0.15, -0.1) is 0 Å². The molecule has 7 heteroatoms. The second-order valence-electron chi connectivity index (χ2n) is 2.92. The van der Waals surface area contributed by atoms with Crippen LogP contribution in [0.2, 0.25) is 0 Å². The molecule has 0 aromatic heterocycles. The molecule has 0 unspecified atom stereocenters. The van der Waals surface area contributed by atoms with Crippen molar-refractivity contribution in [3.05, 3.63) is 35.6 Å². The summed E-state index contributed by atoms with van der Waals surface area (Å²) >= 11 is 9.20. The number of carbonyl (C=O) groups excluding carboxylic acids is 1. The number of aliphatic hydroxyl groups is 1. The quantitative estimate of drug-likeness (QED) is 0.572. The van der Waals surface area contributed by atoms with Gasteiger partial charge >= 0.3 is 0 Å². The SMILES string of the molecule is O=C(N[C@H](O)C(Br)(Br)Br)c1ccc(F)cc1. The van der Waals surface area contributed by atoms with Crippen molar-refractivity contribution in [2.45, 2.75) is 8.37 Å². The van der Waals surface area contributed by atoms with E-state index in [0.29, 0.717) is 0 Å². The topological polar surface area (TPSA) is 49.3 Å². The summed E-state index contributed by atoms with van der Waals surface area (Å²) in [6, 6.07) is 5.00. The molecule has 0 fully saturated rings. The van der Waals surface area contributed by atoms with Crippen molar-refractivity contribution in [1.29, 1.82) is 0 Å². The zero-order valence-electron chi connectivity index (χ0n) is 7.75. The number of aliphatic hydroxyl groups excluding tert-OH is 1. The van der Waals surface area contributed by atoms with Gasteiger partial charge in [0.05, 0.1) is 0 Å². The van der Waals surface area contributed by atoms with E-state index in [0.717, 1.165) is 0 Å². The van der Waals surface area contributed by atoms with Crippen LogP contribution in [0.3, 0.4) is 0 Å². The number of benzene rings is 1. The lowest BCUT2D eigenvalue weighted by molar-refractivity contribution is 0.0809. The first kappa shape index (κ1) is 14.1. The number of halogens is 4. The highest BCUT2D eigenvalue weighted by molar-refractivity contribution is 9.39. The van der Waals surface area contributed by atoms with E-state index in [2.05, 4.69) is 53.1 Å². The minimum Gasteiger partial charge on any atom is -0.370 e. The molecule has 1 aromatic carbocycles. The summed E-state index contributed by atoms with van der Waals surface area (Å²) in [6.07, 6.45) is -1.19. The Labute approximate surface area is 117 Å². The molecule has 0 saturated heterocycles. The molecule has 88 valence electrons. The maximum absolute atomic E-state index is 12.6. The molecule has 0 radical (unpaired) electrons. The summed E-state index contributed by atoms with van der Waals surface area (Å²) in [5.74, 6) is -0.928. The average Bonchev–Trinajstić information content (AvgIpc) is 2.17. The van der Waals surface area contributed by atoms with Gasteiger partial charge in [0.2, 0.25) is 0 Å². The second kappa shape index (κ2) is 5.57. The predicted molar refractivity (Wildman–Crippen MR) is 69.4 cm³/mol. The average molecular weight is 420 g/mol. The first-order valence-corrected chi connectivity index (χ1v) is 6.50. The molecular formula is C9H7Br3FNO2. The van der Waals surface area contributed by atoms with Gasteiger partial charge < -0.3 is 10.4 Å². The smallest absolute Gasteiger partial charge is 0.253 e. The number of hydrogen-bond acceptors (Lipinski definition) is 2. The van der Waals surface area contributed by atoms with Gasteiger partial charge in [-0.25, -0.2) is 4.39 Å². The molecule has 1 amide bonds. The van der Waals surface area contributed by atoms with Gasteiger partial charge in [-0.1, -0.05) is 47.8 Å². The number of rotatable bonds is 2. The van der Waals surface area contributed by atoms with E-state index in [1.165, 1.54) is 24.3 Å². The molecule has 0 aliphatic rings. The molecule has 3 nitrogen and oxygen atoms in total. The molecule has 2 N–H and O–H groups in total. The Bertz CT molecular complexity index is 377. The van der Waals surface area contributed by atoms with Crippen LogP contribution in [0.15, 0.2) is 24.3 Å².